The molecule has 2 saturated heterocycles. The molecule has 0 aromatic rings. The van der Waals surface area contributed by atoms with Crippen LogP contribution in [0.25, 0.3) is 0 Å². The van der Waals surface area contributed by atoms with E-state index in [0.29, 0.717) is 0 Å². The van der Waals surface area contributed by atoms with Gasteiger partial charge in [-0.3, -0.25) is 0 Å². The maximum Gasteiger partial charge on any atom is 0.189 e. The minimum atomic E-state index is -2.08. The third kappa shape index (κ3) is 4.86. The number of rotatable bonds is 6. The quantitative estimate of drug-likeness (QED) is 0.202. The molecule has 0 amide bonds. The van der Waals surface area contributed by atoms with Crippen molar-refractivity contribution in [1.82, 2.24) is 0 Å². The van der Waals surface area contributed by atoms with Crippen LogP contribution in [0.3, 0.4) is 0 Å². The maximum absolute atomic E-state index is 10.2. The van der Waals surface area contributed by atoms with Gasteiger partial charge in [-0.1, -0.05) is 0 Å². The molecule has 0 radical (unpaired) electrons. The van der Waals surface area contributed by atoms with Crippen molar-refractivity contribution >= 4 is 0 Å². The molecule has 2 heterocycles. The van der Waals surface area contributed by atoms with Gasteiger partial charge < -0.3 is 59.8 Å². The summed E-state index contributed by atoms with van der Waals surface area (Å²) in [4.78, 5) is 0. The van der Waals surface area contributed by atoms with Gasteiger partial charge in [-0.15, -0.1) is 0 Å². The van der Waals surface area contributed by atoms with Crippen LogP contribution in [0.4, 0.5) is 0 Å². The molecule has 12 nitrogen and oxygen atoms in total. The van der Waals surface area contributed by atoms with Gasteiger partial charge in [-0.05, 0) is 6.92 Å². The lowest BCUT2D eigenvalue weighted by molar-refractivity contribution is -0.365. The van der Waals surface area contributed by atoms with E-state index in [0.717, 1.165) is 6.92 Å². The smallest absolute Gasteiger partial charge is 0.189 e. The van der Waals surface area contributed by atoms with Crippen molar-refractivity contribution in [3.63, 3.8) is 0 Å². The Hall–Kier alpha value is -0.480. The maximum atomic E-state index is 10.2. The van der Waals surface area contributed by atoms with Crippen LogP contribution in [-0.4, -0.2) is 122 Å². The van der Waals surface area contributed by atoms with Crippen molar-refractivity contribution in [2.75, 3.05) is 19.8 Å². The summed E-state index contributed by atoms with van der Waals surface area (Å²) >= 11 is 0. The highest BCUT2D eigenvalue weighted by Crippen LogP contribution is 2.25. The fourth-order valence-electron chi connectivity index (χ4n) is 2.61. The predicted octanol–water partition coefficient (Wildman–Crippen LogP) is -5.03. The molecule has 0 bridgehead atoms. The molecule has 154 valence electrons. The van der Waals surface area contributed by atoms with Crippen LogP contribution >= 0.6 is 0 Å². The fraction of sp³-hybridized carbons (Fsp3) is 1.00. The normalized spacial score (nSPS) is 46.7. The van der Waals surface area contributed by atoms with Crippen LogP contribution in [0.5, 0.6) is 0 Å². The second-order valence-electron chi connectivity index (χ2n) is 6.55. The first-order chi connectivity index (χ1) is 12.1. The number of hydrogen-bond acceptors (Lipinski definition) is 12. The molecular formula is C14H26O12. The average molecular weight is 386 g/mol. The highest BCUT2D eigenvalue weighted by atomic mass is 16.8. The largest absolute Gasteiger partial charge is 0.394 e. The van der Waals surface area contributed by atoms with Gasteiger partial charge in [0.25, 0.3) is 0 Å². The molecule has 0 aromatic carbocycles. The van der Waals surface area contributed by atoms with Crippen molar-refractivity contribution in [2.45, 2.75) is 68.0 Å². The third-order valence-corrected chi connectivity index (χ3v) is 4.19. The zero-order valence-corrected chi connectivity index (χ0v) is 14.0. The van der Waals surface area contributed by atoms with Gasteiger partial charge in [0.05, 0.1) is 13.2 Å². The van der Waals surface area contributed by atoms with Crippen LogP contribution in [-0.2, 0) is 18.9 Å². The van der Waals surface area contributed by atoms with Gasteiger partial charge in [0.2, 0.25) is 0 Å². The molecule has 12 heteroatoms. The van der Waals surface area contributed by atoms with Gasteiger partial charge in [-0.2, -0.15) is 0 Å². The van der Waals surface area contributed by atoms with E-state index in [1.807, 2.05) is 0 Å². The SMILES string of the molecule is CC(O)(COC1OC(CO)C(O)C(O)C1O)OC1OCC(O)C(O)C1O. The third-order valence-electron chi connectivity index (χ3n) is 4.19. The Morgan fingerprint density at radius 2 is 1.54 bits per heavy atom. The lowest BCUT2D eigenvalue weighted by Crippen LogP contribution is -2.60. The summed E-state index contributed by atoms with van der Waals surface area (Å²) in [6.07, 6.45) is -13.4. The van der Waals surface area contributed by atoms with Crippen LogP contribution in [0.2, 0.25) is 0 Å². The van der Waals surface area contributed by atoms with Crippen molar-refractivity contribution in [3.8, 4) is 0 Å². The van der Waals surface area contributed by atoms with Crippen molar-refractivity contribution in [3.05, 3.63) is 0 Å². The Bertz CT molecular complexity index is 446. The molecule has 10 atom stereocenters. The summed E-state index contributed by atoms with van der Waals surface area (Å²) in [6, 6.07) is 0. The van der Waals surface area contributed by atoms with Crippen LogP contribution < -0.4 is 0 Å². The average Bonchev–Trinajstić information content (AvgIpc) is 2.59. The Balaban J connectivity index is 1.90. The van der Waals surface area contributed by atoms with Gasteiger partial charge in [0.15, 0.2) is 18.4 Å². The zero-order valence-electron chi connectivity index (χ0n) is 14.0. The van der Waals surface area contributed by atoms with Gasteiger partial charge >= 0.3 is 0 Å². The van der Waals surface area contributed by atoms with E-state index in [2.05, 4.69) is 0 Å². The van der Waals surface area contributed by atoms with Crippen molar-refractivity contribution in [2.24, 2.45) is 0 Å². The summed E-state index contributed by atoms with van der Waals surface area (Å²) < 4.78 is 20.4. The van der Waals surface area contributed by atoms with E-state index in [4.69, 9.17) is 24.1 Å². The number of ether oxygens (including phenoxy) is 4. The molecule has 2 aliphatic rings. The number of hydrogen-bond donors (Lipinski definition) is 8. The van der Waals surface area contributed by atoms with Crippen molar-refractivity contribution < 1.29 is 59.8 Å². The second-order valence-corrected chi connectivity index (χ2v) is 6.55. The molecule has 8 N–H and O–H groups in total. The zero-order chi connectivity index (χ0) is 19.6. The van der Waals surface area contributed by atoms with Gasteiger partial charge in [0, 0.05) is 0 Å². The van der Waals surface area contributed by atoms with E-state index in [1.165, 1.54) is 0 Å². The summed E-state index contributed by atoms with van der Waals surface area (Å²) in [5.41, 5.74) is 0. The van der Waals surface area contributed by atoms with E-state index in [9.17, 15) is 35.7 Å². The number of aliphatic hydroxyl groups excluding tert-OH is 7. The minimum absolute atomic E-state index is 0.327. The molecule has 0 saturated carbocycles. The molecule has 2 aliphatic heterocycles. The van der Waals surface area contributed by atoms with Crippen LogP contribution in [0, 0.1) is 0 Å². The van der Waals surface area contributed by atoms with E-state index >= 15 is 0 Å². The highest BCUT2D eigenvalue weighted by Gasteiger charge is 2.46. The Kier molecular flexibility index (Phi) is 7.29. The molecule has 26 heavy (non-hydrogen) atoms. The Morgan fingerprint density at radius 1 is 0.923 bits per heavy atom. The molecule has 2 fully saturated rings. The molecule has 0 aliphatic carbocycles. The van der Waals surface area contributed by atoms with E-state index < -0.39 is 74.3 Å². The Morgan fingerprint density at radius 3 is 2.15 bits per heavy atom. The topological polar surface area (TPSA) is 199 Å². The highest BCUT2D eigenvalue weighted by molar-refractivity contribution is 4.89. The molecule has 0 spiro atoms. The molecule has 0 aromatic heterocycles. The van der Waals surface area contributed by atoms with Gasteiger partial charge in [0.1, 0.15) is 49.3 Å². The Labute approximate surface area is 148 Å². The standard InChI is InChI=1S/C14H26O12/c1-14(22,26-13-10(20)7(17)5(16)3-23-13)4-24-12-11(21)9(19)8(18)6(2-15)25-12/h5-13,15-22H,2-4H2,1H3. The summed E-state index contributed by atoms with van der Waals surface area (Å²) in [6.45, 7) is -0.446. The molecular weight excluding hydrogens is 360 g/mol. The second kappa shape index (κ2) is 8.68. The lowest BCUT2D eigenvalue weighted by atomic mass is 9.99. The monoisotopic (exact) mass is 386 g/mol. The number of aliphatic hydroxyl groups is 8. The van der Waals surface area contributed by atoms with Crippen molar-refractivity contribution in [1.29, 1.82) is 0 Å². The van der Waals surface area contributed by atoms with Gasteiger partial charge in [-0.25, -0.2) is 0 Å². The minimum Gasteiger partial charge on any atom is -0.394 e. The first-order valence-corrected chi connectivity index (χ1v) is 8.05. The summed E-state index contributed by atoms with van der Waals surface area (Å²) in [5, 5.41) is 77.3. The molecule has 10 unspecified atom stereocenters. The summed E-state index contributed by atoms with van der Waals surface area (Å²) in [7, 11) is 0. The summed E-state index contributed by atoms with van der Waals surface area (Å²) in [5.74, 6) is -2.08. The first kappa shape index (κ1) is 21.8. The molecule has 2 rings (SSSR count). The van der Waals surface area contributed by atoms with E-state index in [-0.39, 0.29) is 6.61 Å². The first-order valence-electron chi connectivity index (χ1n) is 8.05. The van der Waals surface area contributed by atoms with E-state index in [1.54, 1.807) is 0 Å². The predicted molar refractivity (Wildman–Crippen MR) is 79.2 cm³/mol. The fourth-order valence-corrected chi connectivity index (χ4v) is 2.61. The lowest BCUT2D eigenvalue weighted by Gasteiger charge is -2.41. The van der Waals surface area contributed by atoms with Crippen LogP contribution in [0.1, 0.15) is 6.92 Å². The van der Waals surface area contributed by atoms with Crippen LogP contribution in [0.15, 0.2) is 0 Å².